The number of rotatable bonds is 6. The van der Waals surface area contributed by atoms with E-state index in [4.69, 9.17) is 0 Å². The Morgan fingerprint density at radius 1 is 0.938 bits per heavy atom. The molecule has 0 bridgehead atoms. The summed E-state index contributed by atoms with van der Waals surface area (Å²) in [6.07, 6.45) is -5.64. The molecule has 0 heterocycles. The lowest BCUT2D eigenvalue weighted by Gasteiger charge is -2.26. The Bertz CT molecular complexity index is 1080. The van der Waals surface area contributed by atoms with Gasteiger partial charge in [-0.05, 0) is 78.9 Å². The second-order valence-electron chi connectivity index (χ2n) is 7.66. The average Bonchev–Trinajstić information content (AvgIpc) is 2.76. The summed E-state index contributed by atoms with van der Waals surface area (Å²) in [6, 6.07) is 15.2. The van der Waals surface area contributed by atoms with E-state index < -0.39 is 29.6 Å². The third kappa shape index (κ3) is 5.53. The van der Waals surface area contributed by atoms with E-state index in [2.05, 4.69) is 0 Å². The Morgan fingerprint density at radius 3 is 2.12 bits per heavy atom. The summed E-state index contributed by atoms with van der Waals surface area (Å²) in [7, 11) is 0. The van der Waals surface area contributed by atoms with Crippen LogP contribution in [0, 0.1) is 19.7 Å². The highest BCUT2D eigenvalue weighted by Crippen LogP contribution is 2.29. The van der Waals surface area contributed by atoms with Gasteiger partial charge in [-0.3, -0.25) is 4.79 Å². The van der Waals surface area contributed by atoms with Gasteiger partial charge in [0.2, 0.25) is 0 Å². The minimum atomic E-state index is -4.42. The number of aryl methyl sites for hydroxylation is 2. The molecule has 7 heteroatoms. The third-order valence-electron chi connectivity index (χ3n) is 5.39. The molecule has 0 saturated carbocycles. The van der Waals surface area contributed by atoms with E-state index >= 15 is 0 Å². The van der Waals surface area contributed by atoms with Crippen LogP contribution in [0.2, 0.25) is 0 Å². The molecule has 32 heavy (non-hydrogen) atoms. The second-order valence-corrected chi connectivity index (χ2v) is 7.66. The van der Waals surface area contributed by atoms with Crippen molar-refractivity contribution in [3.63, 3.8) is 0 Å². The van der Waals surface area contributed by atoms with Gasteiger partial charge in [0.15, 0.2) is 6.10 Å². The zero-order chi connectivity index (χ0) is 23.5. The molecule has 0 spiro atoms. The van der Waals surface area contributed by atoms with Crippen molar-refractivity contribution in [2.75, 3.05) is 11.4 Å². The summed E-state index contributed by atoms with van der Waals surface area (Å²) in [5, 5.41) is 10.6. The van der Waals surface area contributed by atoms with Crippen molar-refractivity contribution in [2.45, 2.75) is 32.5 Å². The maximum atomic E-state index is 13.2. The first-order valence-corrected chi connectivity index (χ1v) is 10.0. The lowest BCUT2D eigenvalue weighted by atomic mass is 10.0. The van der Waals surface area contributed by atoms with E-state index in [1.165, 1.54) is 29.2 Å². The molecule has 1 amide bonds. The van der Waals surface area contributed by atoms with Crippen LogP contribution in [0.4, 0.5) is 23.2 Å². The van der Waals surface area contributed by atoms with Gasteiger partial charge in [-0.15, -0.1) is 0 Å². The molecule has 0 aliphatic rings. The first-order chi connectivity index (χ1) is 15.1. The molecule has 3 aromatic rings. The Hall–Kier alpha value is -3.19. The molecule has 168 valence electrons. The van der Waals surface area contributed by atoms with Gasteiger partial charge in [0.25, 0.3) is 5.91 Å². The van der Waals surface area contributed by atoms with E-state index in [0.717, 1.165) is 35.4 Å². The normalized spacial score (nSPS) is 12.5. The highest BCUT2D eigenvalue weighted by Gasteiger charge is 2.30. The Balaban J connectivity index is 1.86. The van der Waals surface area contributed by atoms with E-state index in [1.54, 1.807) is 6.07 Å². The van der Waals surface area contributed by atoms with Gasteiger partial charge in [0, 0.05) is 12.2 Å². The van der Waals surface area contributed by atoms with Crippen LogP contribution in [0.1, 0.15) is 33.9 Å². The molecule has 0 radical (unpaired) electrons. The zero-order valence-electron chi connectivity index (χ0n) is 17.7. The zero-order valence-corrected chi connectivity index (χ0v) is 17.7. The minimum Gasteiger partial charge on any atom is -0.378 e. The van der Waals surface area contributed by atoms with Gasteiger partial charge >= 0.3 is 6.18 Å². The van der Waals surface area contributed by atoms with Crippen LogP contribution in [-0.4, -0.2) is 17.6 Å². The van der Waals surface area contributed by atoms with Crippen molar-refractivity contribution in [2.24, 2.45) is 0 Å². The van der Waals surface area contributed by atoms with Crippen LogP contribution in [0.5, 0.6) is 0 Å². The molecule has 0 fully saturated rings. The van der Waals surface area contributed by atoms with Crippen LogP contribution < -0.4 is 4.90 Å². The SMILES string of the molecule is Cc1ccc(N(CCc2ccc(C(F)(F)F)cc2)C(=O)[C@@H](O)c2ccc(F)cc2)cc1C. The number of anilines is 1. The van der Waals surface area contributed by atoms with Gasteiger partial charge in [0.05, 0.1) is 5.56 Å². The summed E-state index contributed by atoms with van der Waals surface area (Å²) in [6.45, 7) is 3.97. The van der Waals surface area contributed by atoms with Gasteiger partial charge in [-0.2, -0.15) is 13.2 Å². The minimum absolute atomic E-state index is 0.144. The largest absolute Gasteiger partial charge is 0.416 e. The Kier molecular flexibility index (Phi) is 6.99. The van der Waals surface area contributed by atoms with Crippen molar-refractivity contribution in [1.29, 1.82) is 0 Å². The lowest BCUT2D eigenvalue weighted by molar-refractivity contribution is -0.137. The quantitative estimate of drug-likeness (QED) is 0.490. The van der Waals surface area contributed by atoms with Crippen LogP contribution >= 0.6 is 0 Å². The number of hydrogen-bond acceptors (Lipinski definition) is 2. The van der Waals surface area contributed by atoms with Gasteiger partial charge in [0.1, 0.15) is 5.82 Å². The highest BCUT2D eigenvalue weighted by molar-refractivity contribution is 5.97. The van der Waals surface area contributed by atoms with Crippen molar-refractivity contribution in [1.82, 2.24) is 0 Å². The number of carbonyl (C=O) groups excluding carboxylic acids is 1. The maximum absolute atomic E-state index is 13.2. The molecule has 3 nitrogen and oxygen atoms in total. The van der Waals surface area contributed by atoms with Crippen LogP contribution in [-0.2, 0) is 17.4 Å². The van der Waals surface area contributed by atoms with Crippen LogP contribution in [0.15, 0.2) is 66.7 Å². The van der Waals surface area contributed by atoms with Crippen LogP contribution in [0.25, 0.3) is 0 Å². The number of hydrogen-bond donors (Lipinski definition) is 1. The summed E-state index contributed by atoms with van der Waals surface area (Å²) in [4.78, 5) is 14.6. The van der Waals surface area contributed by atoms with Gasteiger partial charge in [-0.25, -0.2) is 4.39 Å². The van der Waals surface area contributed by atoms with E-state index in [0.29, 0.717) is 11.3 Å². The molecule has 3 rings (SSSR count). The second kappa shape index (κ2) is 9.53. The van der Waals surface area contributed by atoms with Crippen LogP contribution in [0.3, 0.4) is 0 Å². The molecule has 0 aliphatic carbocycles. The fraction of sp³-hybridized carbons (Fsp3) is 0.240. The molecule has 3 aromatic carbocycles. The molecule has 1 atom stereocenters. The monoisotopic (exact) mass is 445 g/mol. The number of alkyl halides is 3. The molecule has 1 N–H and O–H groups in total. The topological polar surface area (TPSA) is 40.5 Å². The molecule has 0 saturated heterocycles. The summed E-state index contributed by atoms with van der Waals surface area (Å²) < 4.78 is 51.6. The molecular formula is C25H23F4NO2. The fourth-order valence-corrected chi connectivity index (χ4v) is 3.30. The number of nitrogens with zero attached hydrogens (tertiary/aromatic N) is 1. The molecule has 0 aromatic heterocycles. The fourth-order valence-electron chi connectivity index (χ4n) is 3.30. The summed E-state index contributed by atoms with van der Waals surface area (Å²) in [5.41, 5.74) is 2.67. The smallest absolute Gasteiger partial charge is 0.378 e. The van der Waals surface area contributed by atoms with E-state index in [-0.39, 0.29) is 18.5 Å². The predicted octanol–water partition coefficient (Wildman–Crippen LogP) is 5.77. The van der Waals surface area contributed by atoms with Gasteiger partial charge in [-0.1, -0.05) is 30.3 Å². The summed E-state index contributed by atoms with van der Waals surface area (Å²) >= 11 is 0. The predicted molar refractivity (Wildman–Crippen MR) is 115 cm³/mol. The van der Waals surface area contributed by atoms with Crippen molar-refractivity contribution in [3.8, 4) is 0 Å². The first kappa shape index (κ1) is 23.5. The first-order valence-electron chi connectivity index (χ1n) is 10.0. The number of carbonyl (C=O) groups is 1. The molecule has 0 aliphatic heterocycles. The summed E-state index contributed by atoms with van der Waals surface area (Å²) in [5.74, 6) is -1.09. The molecule has 0 unspecified atom stereocenters. The Labute approximate surface area is 183 Å². The number of halogens is 4. The standard InChI is InChI=1S/C25H23F4NO2/c1-16-3-12-22(15-17(16)2)30(24(32)23(31)19-6-10-21(26)11-7-19)14-13-18-4-8-20(9-5-18)25(27,28)29/h3-12,15,23,31H,13-14H2,1-2H3/t23-/m0/s1. The average molecular weight is 445 g/mol. The van der Waals surface area contributed by atoms with Crippen molar-refractivity contribution in [3.05, 3.63) is 100 Å². The third-order valence-corrected chi connectivity index (χ3v) is 5.39. The maximum Gasteiger partial charge on any atom is 0.416 e. The number of aliphatic hydroxyl groups is 1. The van der Waals surface area contributed by atoms with Gasteiger partial charge < -0.3 is 10.0 Å². The highest BCUT2D eigenvalue weighted by atomic mass is 19.4. The van der Waals surface area contributed by atoms with E-state index in [9.17, 15) is 27.5 Å². The Morgan fingerprint density at radius 2 is 1.56 bits per heavy atom. The number of aliphatic hydroxyl groups excluding tert-OH is 1. The van der Waals surface area contributed by atoms with Crippen molar-refractivity contribution >= 4 is 11.6 Å². The number of amides is 1. The van der Waals surface area contributed by atoms with E-state index in [1.807, 2.05) is 26.0 Å². The lowest BCUT2D eigenvalue weighted by Crippen LogP contribution is -2.37. The number of benzene rings is 3. The van der Waals surface area contributed by atoms with Crippen molar-refractivity contribution < 1.29 is 27.5 Å². The molecular weight excluding hydrogens is 422 g/mol.